The van der Waals surface area contributed by atoms with Gasteiger partial charge in [0.2, 0.25) is 0 Å². The van der Waals surface area contributed by atoms with E-state index in [2.05, 4.69) is 5.32 Å². The minimum Gasteiger partial charge on any atom is -0.395 e. The lowest BCUT2D eigenvalue weighted by Crippen LogP contribution is -2.36. The summed E-state index contributed by atoms with van der Waals surface area (Å²) in [5.74, 6) is 0. The molecule has 0 aliphatic heterocycles. The van der Waals surface area contributed by atoms with E-state index < -0.39 is 0 Å². The van der Waals surface area contributed by atoms with Crippen LogP contribution in [0.2, 0.25) is 0 Å². The minimum atomic E-state index is -0.134. The quantitative estimate of drug-likeness (QED) is 0.548. The highest BCUT2D eigenvalue weighted by Crippen LogP contribution is 1.79. The summed E-state index contributed by atoms with van der Waals surface area (Å²) in [6, 6.07) is -0.134. The Labute approximate surface area is 69.4 Å². The summed E-state index contributed by atoms with van der Waals surface area (Å²) >= 11 is 0. The number of rotatable bonds is 5. The van der Waals surface area contributed by atoms with Crippen molar-refractivity contribution in [2.24, 2.45) is 0 Å². The lowest BCUT2D eigenvalue weighted by molar-refractivity contribution is 0.171. The maximum absolute atomic E-state index is 8.53. The number of nitrogens with one attached hydrogen (secondary N) is 1. The average Bonchev–Trinajstić information content (AvgIpc) is 2.10. The molecule has 3 nitrogen and oxygen atoms in total. The van der Waals surface area contributed by atoms with Crippen molar-refractivity contribution in [3.05, 3.63) is 0 Å². The number of aliphatic hydroxyl groups excluding tert-OH is 2. The Morgan fingerprint density at radius 2 is 1.64 bits per heavy atom. The molecule has 0 atom stereocenters. The van der Waals surface area contributed by atoms with Crippen LogP contribution in [0, 0.1) is 0 Å². The molecule has 0 amide bonds. The molecule has 11 heavy (non-hydrogen) atoms. The molecule has 0 aromatic carbocycles. The third kappa shape index (κ3) is 9.88. The van der Waals surface area contributed by atoms with Crippen LogP contribution in [0.4, 0.5) is 0 Å². The van der Waals surface area contributed by atoms with Gasteiger partial charge in [-0.1, -0.05) is 20.8 Å². The van der Waals surface area contributed by atoms with Crippen LogP contribution in [0.1, 0.15) is 27.2 Å². The number of hydrogen-bond acceptors (Lipinski definition) is 3. The molecule has 0 radical (unpaired) electrons. The fourth-order valence-corrected chi connectivity index (χ4v) is 0.535. The smallest absolute Gasteiger partial charge is 0.0607 e. The molecule has 0 aromatic heterocycles. The third-order valence-corrected chi connectivity index (χ3v) is 1.12. The van der Waals surface area contributed by atoms with Gasteiger partial charge in [-0.3, -0.25) is 0 Å². The normalized spacial score (nSPS) is 9.27. The van der Waals surface area contributed by atoms with Crippen LogP contribution in [-0.2, 0) is 0 Å². The fraction of sp³-hybridized carbons (Fsp3) is 1.00. The van der Waals surface area contributed by atoms with E-state index in [9.17, 15) is 0 Å². The van der Waals surface area contributed by atoms with Gasteiger partial charge in [0.15, 0.2) is 0 Å². The number of hydrogen-bond donors (Lipinski definition) is 3. The predicted octanol–water partition coefficient (Wildman–Crippen LogP) is 0.365. The Morgan fingerprint density at radius 3 is 1.91 bits per heavy atom. The van der Waals surface area contributed by atoms with E-state index in [-0.39, 0.29) is 19.3 Å². The zero-order valence-corrected chi connectivity index (χ0v) is 7.80. The molecule has 0 bridgehead atoms. The molecule has 3 heteroatoms. The van der Waals surface area contributed by atoms with Gasteiger partial charge in [-0.05, 0) is 13.0 Å². The summed E-state index contributed by atoms with van der Waals surface area (Å²) in [6.07, 6.45) is 1.02. The Hall–Kier alpha value is -0.120. The van der Waals surface area contributed by atoms with Crippen molar-refractivity contribution in [1.29, 1.82) is 0 Å². The molecule has 3 N–H and O–H groups in total. The van der Waals surface area contributed by atoms with E-state index in [4.69, 9.17) is 10.2 Å². The van der Waals surface area contributed by atoms with Crippen LogP contribution in [0.3, 0.4) is 0 Å². The molecule has 70 valence electrons. The molecule has 0 spiro atoms. The van der Waals surface area contributed by atoms with Gasteiger partial charge in [-0.25, -0.2) is 0 Å². The van der Waals surface area contributed by atoms with Crippen LogP contribution in [0.5, 0.6) is 0 Å². The largest absolute Gasteiger partial charge is 0.395 e. The van der Waals surface area contributed by atoms with E-state index in [1.165, 1.54) is 0 Å². The molecule has 0 aliphatic rings. The maximum Gasteiger partial charge on any atom is 0.0607 e. The third-order valence-electron chi connectivity index (χ3n) is 1.12. The number of aliphatic hydroxyl groups is 2. The molecule has 0 unspecified atom stereocenters. The zero-order valence-electron chi connectivity index (χ0n) is 7.80. The van der Waals surface area contributed by atoms with E-state index in [1.54, 1.807) is 0 Å². The fourth-order valence-electron chi connectivity index (χ4n) is 0.535. The van der Waals surface area contributed by atoms with Gasteiger partial charge in [0.25, 0.3) is 0 Å². The van der Waals surface area contributed by atoms with Crippen molar-refractivity contribution >= 4 is 0 Å². The second-order valence-electron chi connectivity index (χ2n) is 2.02. The van der Waals surface area contributed by atoms with E-state index >= 15 is 0 Å². The zero-order chi connectivity index (χ0) is 9.11. The molecule has 0 fully saturated rings. The maximum atomic E-state index is 8.53. The van der Waals surface area contributed by atoms with Crippen molar-refractivity contribution in [2.45, 2.75) is 33.2 Å². The summed E-state index contributed by atoms with van der Waals surface area (Å²) < 4.78 is 0. The summed E-state index contributed by atoms with van der Waals surface area (Å²) in [5.41, 5.74) is 0. The highest BCUT2D eigenvalue weighted by Gasteiger charge is 2.00. The van der Waals surface area contributed by atoms with E-state index in [0.29, 0.717) is 0 Å². The van der Waals surface area contributed by atoms with Crippen LogP contribution in [0.15, 0.2) is 0 Å². The Morgan fingerprint density at radius 1 is 1.18 bits per heavy atom. The van der Waals surface area contributed by atoms with Crippen LogP contribution >= 0.6 is 0 Å². The van der Waals surface area contributed by atoms with Crippen LogP contribution in [-0.4, -0.2) is 36.0 Å². The molecule has 0 aromatic rings. The van der Waals surface area contributed by atoms with Crippen molar-refractivity contribution in [1.82, 2.24) is 5.32 Å². The van der Waals surface area contributed by atoms with Crippen molar-refractivity contribution < 1.29 is 10.2 Å². The lowest BCUT2D eigenvalue weighted by atomic mass is 10.3. The van der Waals surface area contributed by atoms with Crippen LogP contribution < -0.4 is 5.32 Å². The molecule has 0 rings (SSSR count). The van der Waals surface area contributed by atoms with Gasteiger partial charge >= 0.3 is 0 Å². The van der Waals surface area contributed by atoms with Crippen LogP contribution in [0.25, 0.3) is 0 Å². The van der Waals surface area contributed by atoms with E-state index in [1.807, 2.05) is 20.8 Å². The van der Waals surface area contributed by atoms with Crippen molar-refractivity contribution in [3.63, 3.8) is 0 Å². The van der Waals surface area contributed by atoms with Gasteiger partial charge in [-0.2, -0.15) is 0 Å². The SMILES string of the molecule is CC.CCCNC(CO)CO. The van der Waals surface area contributed by atoms with Gasteiger partial charge in [-0.15, -0.1) is 0 Å². The molecular weight excluding hydrogens is 142 g/mol. The molecule has 0 saturated heterocycles. The monoisotopic (exact) mass is 163 g/mol. The van der Waals surface area contributed by atoms with E-state index in [0.717, 1.165) is 13.0 Å². The first kappa shape index (κ1) is 13.5. The standard InChI is InChI=1S/C6H15NO2.C2H6/c1-2-3-7-6(4-8)5-9;1-2/h6-9H,2-5H2,1H3;1-2H3. The molecule has 0 aliphatic carbocycles. The Kier molecular flexibility index (Phi) is 15.4. The summed E-state index contributed by atoms with van der Waals surface area (Å²) in [4.78, 5) is 0. The predicted molar refractivity (Wildman–Crippen MR) is 47.6 cm³/mol. The average molecular weight is 163 g/mol. The second kappa shape index (κ2) is 12.5. The molecule has 0 heterocycles. The van der Waals surface area contributed by atoms with Crippen molar-refractivity contribution in [3.8, 4) is 0 Å². The first-order valence-corrected chi connectivity index (χ1v) is 4.30. The Bertz CT molecular complexity index is 56.1. The highest BCUT2D eigenvalue weighted by molar-refractivity contribution is 4.61. The van der Waals surface area contributed by atoms with Gasteiger partial charge in [0.1, 0.15) is 0 Å². The van der Waals surface area contributed by atoms with Gasteiger partial charge in [0.05, 0.1) is 19.3 Å². The second-order valence-corrected chi connectivity index (χ2v) is 2.02. The van der Waals surface area contributed by atoms with Crippen molar-refractivity contribution in [2.75, 3.05) is 19.8 Å². The van der Waals surface area contributed by atoms with Gasteiger partial charge in [0, 0.05) is 0 Å². The first-order chi connectivity index (χ1) is 5.35. The van der Waals surface area contributed by atoms with Gasteiger partial charge < -0.3 is 15.5 Å². The molecular formula is C8H21NO2. The topological polar surface area (TPSA) is 52.5 Å². The highest BCUT2D eigenvalue weighted by atomic mass is 16.3. The summed E-state index contributed by atoms with van der Waals surface area (Å²) in [7, 11) is 0. The first-order valence-electron chi connectivity index (χ1n) is 4.30. The summed E-state index contributed by atoms with van der Waals surface area (Å²) in [6.45, 7) is 6.91. The lowest BCUT2D eigenvalue weighted by Gasteiger charge is -2.11. The molecule has 0 saturated carbocycles. The summed E-state index contributed by atoms with van der Waals surface area (Å²) in [5, 5.41) is 20.0. The minimum absolute atomic E-state index is 0.0104. The Balaban J connectivity index is 0.